The van der Waals surface area contributed by atoms with Crippen molar-refractivity contribution < 1.29 is 19.7 Å². The summed E-state index contributed by atoms with van der Waals surface area (Å²) in [4.78, 5) is 0. The molecule has 4 nitrogen and oxygen atoms in total. The van der Waals surface area contributed by atoms with Gasteiger partial charge in [0, 0.05) is 33.1 Å². The topological polar surface area (TPSA) is 58.9 Å². The monoisotopic (exact) mass is 768 g/mol. The molecule has 1 fully saturated rings. The fraction of sp³-hybridized carbons (Fsp3) is 0.500. The molecule has 1 aliphatic rings. The molecule has 54 heavy (non-hydrogen) atoms. The van der Waals surface area contributed by atoms with Crippen LogP contribution in [0.1, 0.15) is 136 Å². The summed E-state index contributed by atoms with van der Waals surface area (Å²) in [6, 6.07) is 16.6. The molecule has 2 atom stereocenters. The van der Waals surface area contributed by atoms with Gasteiger partial charge < -0.3 is 19.7 Å². The lowest BCUT2D eigenvalue weighted by Gasteiger charge is -2.30. The van der Waals surface area contributed by atoms with Crippen LogP contribution in [0, 0.1) is 41.5 Å². The zero-order chi connectivity index (χ0) is 39.5. The summed E-state index contributed by atoms with van der Waals surface area (Å²) in [5, 5.41) is 24.2. The molecule has 1 unspecified atom stereocenters. The van der Waals surface area contributed by atoms with E-state index in [0.717, 1.165) is 46.6 Å². The first-order chi connectivity index (χ1) is 25.3. The molecule has 2 N–H and O–H groups in total. The Labute approximate surface area is 334 Å². The summed E-state index contributed by atoms with van der Waals surface area (Å²) in [6.45, 7) is 26.0. The Kier molecular flexibility index (Phi) is 13.4. The van der Waals surface area contributed by atoms with Crippen molar-refractivity contribution in [2.24, 2.45) is 0 Å². The maximum Gasteiger partial charge on any atom is 0.169 e. The largest absolute Gasteiger partial charge is 0.504 e. The van der Waals surface area contributed by atoms with E-state index in [2.05, 4.69) is 119 Å². The number of hydrogen-bond donors (Lipinski definition) is 2. The smallest absolute Gasteiger partial charge is 0.169 e. The Balaban J connectivity index is 1.40. The van der Waals surface area contributed by atoms with Crippen LogP contribution in [0.15, 0.2) is 48.5 Å². The van der Waals surface area contributed by atoms with Crippen molar-refractivity contribution >= 4 is 23.5 Å². The van der Waals surface area contributed by atoms with Gasteiger partial charge in [0.2, 0.25) is 0 Å². The highest BCUT2D eigenvalue weighted by atomic mass is 32.2. The lowest BCUT2D eigenvalue weighted by Crippen LogP contribution is -2.22. The van der Waals surface area contributed by atoms with Crippen molar-refractivity contribution in [2.45, 2.75) is 154 Å². The average Bonchev–Trinajstić information content (AvgIpc) is 3.07. The summed E-state index contributed by atoms with van der Waals surface area (Å²) >= 11 is 3.94. The molecule has 6 heteroatoms. The Morgan fingerprint density at radius 2 is 0.852 bits per heavy atom. The number of phenolic OH excluding ortho intramolecular Hbond substituents is 2. The standard InChI is InChI=1S/C48H64O4S2/c1-29-19-39(20-30(2)33(29)5)51-41-25-37(47(7,8)9)23-35(45(41)49)27-53-43-17-15-13-14-16-18-44(43)54-28-36-24-38(48(10,11)12)26-42(46(36)50)52-40-21-31(3)34(6)32(4)22-40/h19-26,43-44,49-50H,13-18,27-28H2,1-12H3/t43-,44?/m0/s1. The zero-order valence-electron chi connectivity index (χ0n) is 35.0. The molecular weight excluding hydrogens is 705 g/mol. The van der Waals surface area contributed by atoms with Crippen LogP contribution in [0.4, 0.5) is 0 Å². The van der Waals surface area contributed by atoms with Gasteiger partial charge in [0.25, 0.3) is 0 Å². The molecular formula is C48H64O4S2. The van der Waals surface area contributed by atoms with E-state index in [9.17, 15) is 10.2 Å². The number of thioether (sulfide) groups is 2. The Morgan fingerprint density at radius 1 is 0.519 bits per heavy atom. The quantitative estimate of drug-likeness (QED) is 0.168. The number of rotatable bonds is 10. The number of phenols is 2. The van der Waals surface area contributed by atoms with Gasteiger partial charge in [-0.1, -0.05) is 79.4 Å². The maximum absolute atomic E-state index is 11.7. The lowest BCUT2D eigenvalue weighted by atomic mass is 9.86. The van der Waals surface area contributed by atoms with Crippen LogP contribution in [-0.2, 0) is 22.3 Å². The van der Waals surface area contributed by atoms with Crippen molar-refractivity contribution in [2.75, 3.05) is 0 Å². The Morgan fingerprint density at radius 3 is 1.17 bits per heavy atom. The summed E-state index contributed by atoms with van der Waals surface area (Å²) in [6.07, 6.45) is 7.23. The van der Waals surface area contributed by atoms with E-state index in [-0.39, 0.29) is 22.3 Å². The molecule has 0 spiro atoms. The first kappa shape index (κ1) is 41.9. The molecule has 0 aromatic heterocycles. The minimum absolute atomic E-state index is 0.105. The Bertz CT molecular complexity index is 1760. The average molecular weight is 769 g/mol. The van der Waals surface area contributed by atoms with Crippen molar-refractivity contribution in [3.63, 3.8) is 0 Å². The third-order valence-electron chi connectivity index (χ3n) is 11.3. The van der Waals surface area contributed by atoms with E-state index >= 15 is 0 Å². The van der Waals surface area contributed by atoms with Gasteiger partial charge in [-0.05, 0) is 146 Å². The van der Waals surface area contributed by atoms with Crippen LogP contribution in [0.3, 0.4) is 0 Å². The van der Waals surface area contributed by atoms with E-state index in [1.165, 1.54) is 59.1 Å². The fourth-order valence-corrected chi connectivity index (χ4v) is 10.2. The van der Waals surface area contributed by atoms with Crippen LogP contribution in [0.5, 0.6) is 34.5 Å². The third-order valence-corrected chi connectivity index (χ3v) is 14.5. The highest BCUT2D eigenvalue weighted by molar-refractivity contribution is 8.03. The molecule has 1 saturated carbocycles. The predicted molar refractivity (Wildman–Crippen MR) is 233 cm³/mol. The van der Waals surface area contributed by atoms with Gasteiger partial charge in [-0.15, -0.1) is 0 Å². The Hall–Kier alpha value is -3.22. The number of aromatic hydroxyl groups is 2. The highest BCUT2D eigenvalue weighted by Gasteiger charge is 2.28. The second kappa shape index (κ2) is 17.3. The summed E-state index contributed by atoms with van der Waals surface area (Å²) in [5.74, 6) is 4.43. The lowest BCUT2D eigenvalue weighted by molar-refractivity contribution is 0.405. The van der Waals surface area contributed by atoms with E-state index in [0.29, 0.717) is 33.5 Å². The van der Waals surface area contributed by atoms with E-state index in [1.54, 1.807) is 0 Å². The van der Waals surface area contributed by atoms with Gasteiger partial charge in [-0.25, -0.2) is 0 Å². The number of hydrogen-bond acceptors (Lipinski definition) is 6. The molecule has 0 saturated heterocycles. The molecule has 292 valence electrons. The normalized spacial score (nSPS) is 16.9. The molecule has 0 heterocycles. The van der Waals surface area contributed by atoms with E-state index < -0.39 is 0 Å². The van der Waals surface area contributed by atoms with Gasteiger partial charge >= 0.3 is 0 Å². The van der Waals surface area contributed by atoms with E-state index in [4.69, 9.17) is 9.47 Å². The van der Waals surface area contributed by atoms with Gasteiger partial charge in [0.05, 0.1) is 0 Å². The molecule has 0 bridgehead atoms. The third kappa shape index (κ3) is 10.3. The predicted octanol–water partition coefficient (Wildman–Crippen LogP) is 14.4. The van der Waals surface area contributed by atoms with Crippen molar-refractivity contribution in [3.05, 3.63) is 104 Å². The highest BCUT2D eigenvalue weighted by Crippen LogP contribution is 2.45. The van der Waals surface area contributed by atoms with Gasteiger partial charge in [0.1, 0.15) is 11.5 Å². The molecule has 4 aromatic rings. The maximum atomic E-state index is 11.7. The van der Waals surface area contributed by atoms with Gasteiger partial charge in [0.15, 0.2) is 23.0 Å². The van der Waals surface area contributed by atoms with Crippen LogP contribution in [0.2, 0.25) is 0 Å². The molecule has 5 rings (SSSR count). The number of ether oxygens (including phenoxy) is 2. The molecule has 0 amide bonds. The second-order valence-electron chi connectivity index (χ2n) is 17.7. The number of aryl methyl sites for hydroxylation is 4. The van der Waals surface area contributed by atoms with Crippen molar-refractivity contribution in [3.8, 4) is 34.5 Å². The first-order valence-corrected chi connectivity index (χ1v) is 21.9. The van der Waals surface area contributed by atoms with Gasteiger partial charge in [-0.2, -0.15) is 23.5 Å². The van der Waals surface area contributed by atoms with Gasteiger partial charge in [-0.3, -0.25) is 0 Å². The van der Waals surface area contributed by atoms with Crippen molar-refractivity contribution in [1.82, 2.24) is 0 Å². The summed E-state index contributed by atoms with van der Waals surface area (Å²) in [7, 11) is 0. The fourth-order valence-electron chi connectivity index (χ4n) is 7.13. The SMILES string of the molecule is Cc1cc(Oc2cc(C(C)(C)C)cc(CSC3CCCCCC[C@@H]3SCc3cc(C(C)(C)C)cc(Oc4cc(C)c(C)c(C)c4)c3O)c2O)cc(C)c1C. The van der Waals surface area contributed by atoms with Crippen molar-refractivity contribution in [1.29, 1.82) is 0 Å². The molecule has 1 aliphatic carbocycles. The van der Waals surface area contributed by atoms with Crippen LogP contribution < -0.4 is 9.47 Å². The van der Waals surface area contributed by atoms with E-state index in [1.807, 2.05) is 35.7 Å². The van der Waals surface area contributed by atoms with Crippen LogP contribution in [-0.4, -0.2) is 20.7 Å². The minimum atomic E-state index is -0.105. The molecule has 0 radical (unpaired) electrons. The van der Waals surface area contributed by atoms with Crippen LogP contribution in [0.25, 0.3) is 0 Å². The minimum Gasteiger partial charge on any atom is -0.504 e. The molecule has 4 aromatic carbocycles. The molecule has 0 aliphatic heterocycles. The zero-order valence-corrected chi connectivity index (χ0v) is 36.6. The second-order valence-corrected chi connectivity index (χ2v) is 20.2. The summed E-state index contributed by atoms with van der Waals surface area (Å²) in [5.41, 5.74) is 11.2. The number of benzene rings is 4. The van der Waals surface area contributed by atoms with Crippen LogP contribution >= 0.6 is 23.5 Å². The summed E-state index contributed by atoms with van der Waals surface area (Å²) < 4.78 is 12.9. The first-order valence-electron chi connectivity index (χ1n) is 19.8.